The lowest BCUT2D eigenvalue weighted by atomic mass is 10.1. The minimum absolute atomic E-state index is 0.132. The molecule has 0 spiro atoms. The van der Waals surface area contributed by atoms with Crippen molar-refractivity contribution in [2.75, 3.05) is 13.1 Å². The third-order valence-electron chi connectivity index (χ3n) is 5.10. The smallest absolute Gasteiger partial charge is 0.293 e. The number of carbonyl (C=O) groups excluding carboxylic acids is 1. The summed E-state index contributed by atoms with van der Waals surface area (Å²) in [6.07, 6.45) is 4.68. The Morgan fingerprint density at radius 3 is 2.79 bits per heavy atom. The monoisotopic (exact) mass is 376 g/mol. The summed E-state index contributed by atoms with van der Waals surface area (Å²) in [6.45, 7) is 2.36. The molecule has 3 aromatic rings. The number of hydrogen-bond donors (Lipinski definition) is 1. The standard InChI is InChI=1S/C22H24N4O2/c27-22(21-15-20(25-28-21)17-7-2-1-3-8-17)26(16-18-9-4-5-13-24-18)19-10-6-12-23-14-11-19/h1-5,7-9,13,15,19,23H,6,10-12,14,16H2. The molecule has 1 aliphatic heterocycles. The van der Waals surface area contributed by atoms with Gasteiger partial charge in [-0.25, -0.2) is 0 Å². The molecular formula is C22H24N4O2. The van der Waals surface area contributed by atoms with Crippen LogP contribution in [0.2, 0.25) is 0 Å². The molecule has 3 heterocycles. The number of benzene rings is 1. The second-order valence-corrected chi connectivity index (χ2v) is 7.03. The van der Waals surface area contributed by atoms with E-state index in [-0.39, 0.29) is 17.7 Å². The first kappa shape index (κ1) is 18.4. The molecule has 0 aliphatic carbocycles. The number of nitrogens with zero attached hydrogens (tertiary/aromatic N) is 3. The lowest BCUT2D eigenvalue weighted by Gasteiger charge is -2.30. The Morgan fingerprint density at radius 1 is 1.11 bits per heavy atom. The molecule has 1 saturated heterocycles. The van der Waals surface area contributed by atoms with Crippen LogP contribution in [0.5, 0.6) is 0 Å². The van der Waals surface area contributed by atoms with Crippen molar-refractivity contribution in [2.45, 2.75) is 31.8 Å². The van der Waals surface area contributed by atoms with Gasteiger partial charge in [0.25, 0.3) is 5.91 Å². The van der Waals surface area contributed by atoms with Crippen molar-refractivity contribution in [3.63, 3.8) is 0 Å². The summed E-state index contributed by atoms with van der Waals surface area (Å²) < 4.78 is 5.44. The van der Waals surface area contributed by atoms with Crippen molar-refractivity contribution in [2.24, 2.45) is 0 Å². The van der Waals surface area contributed by atoms with Crippen molar-refractivity contribution < 1.29 is 9.32 Å². The van der Waals surface area contributed by atoms with Gasteiger partial charge in [-0.1, -0.05) is 41.6 Å². The van der Waals surface area contributed by atoms with E-state index in [4.69, 9.17) is 4.52 Å². The molecule has 6 heteroatoms. The summed E-state index contributed by atoms with van der Waals surface area (Å²) in [5.74, 6) is 0.138. The molecule has 28 heavy (non-hydrogen) atoms. The lowest BCUT2D eigenvalue weighted by Crippen LogP contribution is -2.40. The van der Waals surface area contributed by atoms with Crippen LogP contribution in [0.25, 0.3) is 11.3 Å². The van der Waals surface area contributed by atoms with Gasteiger partial charge in [-0.2, -0.15) is 0 Å². The molecule has 1 aromatic carbocycles. The fourth-order valence-electron chi connectivity index (χ4n) is 3.61. The largest absolute Gasteiger partial charge is 0.350 e. The van der Waals surface area contributed by atoms with Gasteiger partial charge in [0.05, 0.1) is 12.2 Å². The van der Waals surface area contributed by atoms with Gasteiger partial charge in [-0.15, -0.1) is 0 Å². The Labute approximate surface area is 164 Å². The van der Waals surface area contributed by atoms with Crippen molar-refractivity contribution in [3.8, 4) is 11.3 Å². The third kappa shape index (κ3) is 4.28. The number of pyridine rings is 1. The van der Waals surface area contributed by atoms with Crippen LogP contribution < -0.4 is 5.32 Å². The molecule has 1 amide bonds. The number of hydrogen-bond acceptors (Lipinski definition) is 5. The van der Waals surface area contributed by atoms with E-state index in [1.165, 1.54) is 0 Å². The van der Waals surface area contributed by atoms with Crippen LogP contribution in [0.15, 0.2) is 65.3 Å². The molecule has 1 N–H and O–H groups in total. The highest BCUT2D eigenvalue weighted by atomic mass is 16.5. The molecule has 1 fully saturated rings. The summed E-state index contributed by atoms with van der Waals surface area (Å²) in [5.41, 5.74) is 2.47. The number of nitrogens with one attached hydrogen (secondary N) is 1. The van der Waals surface area contributed by atoms with Crippen LogP contribution in [-0.4, -0.2) is 40.1 Å². The van der Waals surface area contributed by atoms with Gasteiger partial charge in [0.1, 0.15) is 5.69 Å². The topological polar surface area (TPSA) is 71.3 Å². The van der Waals surface area contributed by atoms with E-state index < -0.39 is 0 Å². The SMILES string of the molecule is O=C(c1cc(-c2ccccc2)no1)N(Cc1ccccn1)C1CCCNCC1. The van der Waals surface area contributed by atoms with E-state index in [1.807, 2.05) is 53.4 Å². The van der Waals surface area contributed by atoms with Crippen LogP contribution >= 0.6 is 0 Å². The molecule has 1 atom stereocenters. The van der Waals surface area contributed by atoms with Crippen LogP contribution in [0, 0.1) is 0 Å². The fraction of sp³-hybridized carbons (Fsp3) is 0.318. The second-order valence-electron chi connectivity index (χ2n) is 7.03. The predicted molar refractivity (Wildman–Crippen MR) is 107 cm³/mol. The van der Waals surface area contributed by atoms with Gasteiger partial charge in [0, 0.05) is 23.9 Å². The molecular weight excluding hydrogens is 352 g/mol. The predicted octanol–water partition coefficient (Wildman–Crippen LogP) is 3.52. The maximum atomic E-state index is 13.3. The van der Waals surface area contributed by atoms with Crippen molar-refractivity contribution in [1.82, 2.24) is 20.4 Å². The summed E-state index contributed by atoms with van der Waals surface area (Å²) in [7, 11) is 0. The summed E-state index contributed by atoms with van der Waals surface area (Å²) in [5, 5.41) is 7.52. The summed E-state index contributed by atoms with van der Waals surface area (Å²) in [6, 6.07) is 17.4. The van der Waals surface area contributed by atoms with Crippen molar-refractivity contribution >= 4 is 5.91 Å². The normalized spacial score (nSPS) is 17.1. The van der Waals surface area contributed by atoms with Crippen molar-refractivity contribution in [1.29, 1.82) is 0 Å². The molecule has 6 nitrogen and oxygen atoms in total. The molecule has 2 aromatic heterocycles. The molecule has 1 unspecified atom stereocenters. The first-order valence-corrected chi connectivity index (χ1v) is 9.75. The van der Waals surface area contributed by atoms with E-state index in [0.29, 0.717) is 12.2 Å². The van der Waals surface area contributed by atoms with Crippen molar-refractivity contribution in [3.05, 3.63) is 72.2 Å². The highest BCUT2D eigenvalue weighted by molar-refractivity contribution is 5.92. The average molecular weight is 376 g/mol. The van der Waals surface area contributed by atoms with Gasteiger partial charge in [-0.3, -0.25) is 9.78 Å². The van der Waals surface area contributed by atoms with Crippen LogP contribution in [0.3, 0.4) is 0 Å². The minimum Gasteiger partial charge on any atom is -0.350 e. The number of amides is 1. The van der Waals surface area contributed by atoms with E-state index >= 15 is 0 Å². The molecule has 4 rings (SSSR count). The third-order valence-corrected chi connectivity index (χ3v) is 5.10. The van der Waals surface area contributed by atoms with E-state index in [2.05, 4.69) is 15.5 Å². The Morgan fingerprint density at radius 2 is 1.96 bits per heavy atom. The van der Waals surface area contributed by atoms with Crippen LogP contribution in [-0.2, 0) is 6.54 Å². The Kier molecular flexibility index (Phi) is 5.77. The van der Waals surface area contributed by atoms with Crippen LogP contribution in [0.1, 0.15) is 35.5 Å². The zero-order chi connectivity index (χ0) is 19.2. The van der Waals surface area contributed by atoms with Gasteiger partial charge in [0.2, 0.25) is 5.76 Å². The first-order valence-electron chi connectivity index (χ1n) is 9.75. The molecule has 144 valence electrons. The highest BCUT2D eigenvalue weighted by Gasteiger charge is 2.28. The number of aromatic nitrogens is 2. The summed E-state index contributed by atoms with van der Waals surface area (Å²) >= 11 is 0. The lowest BCUT2D eigenvalue weighted by molar-refractivity contribution is 0.0600. The first-order chi connectivity index (χ1) is 13.8. The quantitative estimate of drug-likeness (QED) is 0.738. The highest BCUT2D eigenvalue weighted by Crippen LogP contribution is 2.23. The van der Waals surface area contributed by atoms with E-state index in [1.54, 1.807) is 12.3 Å². The van der Waals surface area contributed by atoms with E-state index in [9.17, 15) is 4.79 Å². The molecule has 0 radical (unpaired) electrons. The minimum atomic E-state index is -0.132. The van der Waals surface area contributed by atoms with E-state index in [0.717, 1.165) is 43.6 Å². The number of rotatable bonds is 5. The Hall–Kier alpha value is -2.99. The zero-order valence-electron chi connectivity index (χ0n) is 15.8. The molecule has 0 bridgehead atoms. The van der Waals surface area contributed by atoms with Gasteiger partial charge in [-0.05, 0) is 44.5 Å². The fourth-order valence-corrected chi connectivity index (χ4v) is 3.61. The maximum absolute atomic E-state index is 13.3. The van der Waals surface area contributed by atoms with Gasteiger partial charge < -0.3 is 14.7 Å². The van der Waals surface area contributed by atoms with Crippen LogP contribution in [0.4, 0.5) is 0 Å². The molecule has 1 aliphatic rings. The Bertz CT molecular complexity index is 887. The second kappa shape index (κ2) is 8.80. The molecule has 0 saturated carbocycles. The average Bonchev–Trinajstić information content (AvgIpc) is 3.09. The summed E-state index contributed by atoms with van der Waals surface area (Å²) in [4.78, 5) is 19.7. The Balaban J connectivity index is 1.60. The maximum Gasteiger partial charge on any atom is 0.293 e. The number of carbonyl (C=O) groups is 1. The van der Waals surface area contributed by atoms with Gasteiger partial charge >= 0.3 is 0 Å². The zero-order valence-corrected chi connectivity index (χ0v) is 15.8. The van der Waals surface area contributed by atoms with Gasteiger partial charge in [0.15, 0.2) is 0 Å².